The van der Waals surface area contributed by atoms with Crippen molar-refractivity contribution in [3.8, 4) is 0 Å². The van der Waals surface area contributed by atoms with E-state index in [0.717, 1.165) is 17.7 Å². The molecule has 108 valence electrons. The molecule has 0 aliphatic rings. The molecule has 2 rings (SSSR count). The Morgan fingerprint density at radius 1 is 0.952 bits per heavy atom. The van der Waals surface area contributed by atoms with Gasteiger partial charge in [-0.2, -0.15) is 0 Å². The van der Waals surface area contributed by atoms with Crippen molar-refractivity contribution in [1.29, 1.82) is 0 Å². The van der Waals surface area contributed by atoms with Crippen LogP contribution in [0.25, 0.3) is 0 Å². The number of rotatable bonds is 5. The number of nitrogens with zero attached hydrogens (tertiary/aromatic N) is 2. The number of anilines is 1. The van der Waals surface area contributed by atoms with Crippen molar-refractivity contribution in [3.05, 3.63) is 74.1 Å². The topological polar surface area (TPSA) is 98.3 Å². The second kappa shape index (κ2) is 5.95. The lowest BCUT2D eigenvalue weighted by atomic mass is 10.2. The van der Waals surface area contributed by atoms with Gasteiger partial charge in [0.1, 0.15) is 5.82 Å². The Balaban J connectivity index is 2.17. The zero-order valence-corrected chi connectivity index (χ0v) is 10.7. The van der Waals surface area contributed by atoms with E-state index in [1.54, 1.807) is 12.1 Å². The van der Waals surface area contributed by atoms with Gasteiger partial charge in [0.25, 0.3) is 0 Å². The van der Waals surface area contributed by atoms with Crippen molar-refractivity contribution >= 4 is 17.1 Å². The minimum absolute atomic E-state index is 0.315. The van der Waals surface area contributed by atoms with Crippen LogP contribution in [0.15, 0.2) is 42.5 Å². The fourth-order valence-corrected chi connectivity index (χ4v) is 1.74. The van der Waals surface area contributed by atoms with E-state index in [0.29, 0.717) is 12.2 Å². The highest BCUT2D eigenvalue weighted by Gasteiger charge is 2.23. The zero-order valence-electron chi connectivity index (χ0n) is 10.7. The predicted octanol–water partition coefficient (Wildman–Crippen LogP) is 3.25. The lowest BCUT2D eigenvalue weighted by molar-refractivity contribution is -0.422. The van der Waals surface area contributed by atoms with Gasteiger partial charge < -0.3 is 5.32 Å². The summed E-state index contributed by atoms with van der Waals surface area (Å²) in [6, 6.07) is 9.30. The van der Waals surface area contributed by atoms with Crippen LogP contribution < -0.4 is 5.32 Å². The average Bonchev–Trinajstić information content (AvgIpc) is 2.46. The molecule has 0 radical (unpaired) electrons. The third-order valence-electron chi connectivity index (χ3n) is 2.78. The molecule has 0 atom stereocenters. The molecule has 0 saturated carbocycles. The molecule has 2 aromatic rings. The van der Waals surface area contributed by atoms with Gasteiger partial charge in [0, 0.05) is 24.4 Å². The van der Waals surface area contributed by atoms with Crippen LogP contribution in [0.5, 0.6) is 0 Å². The molecule has 0 bridgehead atoms. The van der Waals surface area contributed by atoms with Gasteiger partial charge in [0.15, 0.2) is 0 Å². The maximum absolute atomic E-state index is 12.8. The highest BCUT2D eigenvalue weighted by molar-refractivity contribution is 5.62. The number of hydrogen-bond acceptors (Lipinski definition) is 5. The maximum atomic E-state index is 12.8. The van der Waals surface area contributed by atoms with Crippen molar-refractivity contribution in [2.45, 2.75) is 6.54 Å². The van der Waals surface area contributed by atoms with E-state index in [-0.39, 0.29) is 5.82 Å². The summed E-state index contributed by atoms with van der Waals surface area (Å²) in [6.07, 6.45) is 0. The Hall–Kier alpha value is -3.03. The molecule has 0 aliphatic carbocycles. The summed E-state index contributed by atoms with van der Waals surface area (Å²) in [4.78, 5) is 19.9. The Labute approximate surface area is 118 Å². The van der Waals surface area contributed by atoms with Crippen LogP contribution in [0.1, 0.15) is 5.56 Å². The first-order chi connectivity index (χ1) is 9.97. The molecule has 8 heteroatoms. The summed E-state index contributed by atoms with van der Waals surface area (Å²) >= 11 is 0. The van der Waals surface area contributed by atoms with Crippen LogP contribution in [0.3, 0.4) is 0 Å². The molecule has 0 aliphatic heterocycles. The van der Waals surface area contributed by atoms with Crippen molar-refractivity contribution in [2.75, 3.05) is 5.32 Å². The SMILES string of the molecule is O=[N+]([O-])c1ccc(NCc2ccc(F)cc2)cc1[N+](=O)[O-]. The molecular weight excluding hydrogens is 281 g/mol. The average molecular weight is 291 g/mol. The number of nitro benzene ring substituents is 2. The highest BCUT2D eigenvalue weighted by atomic mass is 19.1. The van der Waals surface area contributed by atoms with Gasteiger partial charge in [0.05, 0.1) is 9.85 Å². The van der Waals surface area contributed by atoms with Gasteiger partial charge in [-0.1, -0.05) is 12.1 Å². The third-order valence-corrected chi connectivity index (χ3v) is 2.78. The summed E-state index contributed by atoms with van der Waals surface area (Å²) in [7, 11) is 0. The van der Waals surface area contributed by atoms with Crippen molar-refractivity contribution in [2.24, 2.45) is 0 Å². The Kier molecular flexibility index (Phi) is 4.07. The van der Waals surface area contributed by atoms with Crippen molar-refractivity contribution in [1.82, 2.24) is 0 Å². The summed E-state index contributed by atoms with van der Waals surface area (Å²) in [5.41, 5.74) is 0.00506. The van der Waals surface area contributed by atoms with Crippen LogP contribution in [-0.4, -0.2) is 9.85 Å². The fourth-order valence-electron chi connectivity index (χ4n) is 1.74. The van der Waals surface area contributed by atoms with Gasteiger partial charge in [0.2, 0.25) is 0 Å². The molecule has 2 aromatic carbocycles. The monoisotopic (exact) mass is 291 g/mol. The van der Waals surface area contributed by atoms with Gasteiger partial charge in [-0.05, 0) is 23.8 Å². The number of nitro groups is 2. The molecule has 0 unspecified atom stereocenters. The second-order valence-electron chi connectivity index (χ2n) is 4.20. The fraction of sp³-hybridized carbons (Fsp3) is 0.0769. The van der Waals surface area contributed by atoms with Gasteiger partial charge in [-0.15, -0.1) is 0 Å². The molecular formula is C13H10FN3O4. The Bertz CT molecular complexity index is 688. The van der Waals surface area contributed by atoms with Crippen molar-refractivity contribution < 1.29 is 14.2 Å². The van der Waals surface area contributed by atoms with Crippen LogP contribution in [0.2, 0.25) is 0 Å². The molecule has 7 nitrogen and oxygen atoms in total. The van der Waals surface area contributed by atoms with E-state index in [4.69, 9.17) is 0 Å². The van der Waals surface area contributed by atoms with E-state index in [9.17, 15) is 24.6 Å². The van der Waals surface area contributed by atoms with E-state index in [2.05, 4.69) is 5.32 Å². The summed E-state index contributed by atoms with van der Waals surface area (Å²) in [6.45, 7) is 0.315. The first-order valence-electron chi connectivity index (χ1n) is 5.88. The Morgan fingerprint density at radius 2 is 1.57 bits per heavy atom. The Morgan fingerprint density at radius 3 is 2.14 bits per heavy atom. The van der Waals surface area contributed by atoms with Crippen LogP contribution >= 0.6 is 0 Å². The molecule has 0 aromatic heterocycles. The van der Waals surface area contributed by atoms with Crippen LogP contribution in [-0.2, 0) is 6.54 Å². The molecule has 0 saturated heterocycles. The van der Waals surface area contributed by atoms with E-state index >= 15 is 0 Å². The van der Waals surface area contributed by atoms with E-state index < -0.39 is 21.2 Å². The van der Waals surface area contributed by atoms with Gasteiger partial charge in [-0.25, -0.2) is 4.39 Å². The van der Waals surface area contributed by atoms with Crippen LogP contribution in [0.4, 0.5) is 21.5 Å². The highest BCUT2D eigenvalue weighted by Crippen LogP contribution is 2.29. The molecule has 1 N–H and O–H groups in total. The first kappa shape index (κ1) is 14.4. The van der Waals surface area contributed by atoms with E-state index in [1.807, 2.05) is 0 Å². The van der Waals surface area contributed by atoms with Crippen molar-refractivity contribution in [3.63, 3.8) is 0 Å². The quantitative estimate of drug-likeness (QED) is 0.673. The summed E-state index contributed by atoms with van der Waals surface area (Å²) < 4.78 is 12.8. The summed E-state index contributed by atoms with van der Waals surface area (Å²) in [5, 5.41) is 24.4. The number of hydrogen-bond donors (Lipinski definition) is 1. The summed E-state index contributed by atoms with van der Waals surface area (Å²) in [5.74, 6) is -0.357. The van der Waals surface area contributed by atoms with Crippen LogP contribution in [0, 0.1) is 26.0 Å². The molecule has 0 heterocycles. The lowest BCUT2D eigenvalue weighted by Gasteiger charge is -2.06. The first-order valence-corrected chi connectivity index (χ1v) is 5.88. The minimum Gasteiger partial charge on any atom is -0.381 e. The molecule has 0 spiro atoms. The van der Waals surface area contributed by atoms with Gasteiger partial charge in [-0.3, -0.25) is 20.2 Å². The zero-order chi connectivity index (χ0) is 15.4. The molecule has 21 heavy (non-hydrogen) atoms. The standard InChI is InChI=1S/C13H10FN3O4/c14-10-3-1-9(2-4-10)8-15-11-5-6-12(16(18)19)13(7-11)17(20)21/h1-7,15H,8H2. The normalized spacial score (nSPS) is 10.1. The number of benzene rings is 2. The second-order valence-corrected chi connectivity index (χ2v) is 4.20. The van der Waals surface area contributed by atoms with E-state index in [1.165, 1.54) is 18.2 Å². The minimum atomic E-state index is -0.804. The molecule has 0 amide bonds. The number of nitrogens with one attached hydrogen (secondary N) is 1. The smallest absolute Gasteiger partial charge is 0.348 e. The predicted molar refractivity (Wildman–Crippen MR) is 73.5 cm³/mol. The maximum Gasteiger partial charge on any atom is 0.348 e. The third kappa shape index (κ3) is 3.50. The lowest BCUT2D eigenvalue weighted by Crippen LogP contribution is -2.02. The largest absolute Gasteiger partial charge is 0.381 e. The number of halogens is 1. The molecule has 0 fully saturated rings. The van der Waals surface area contributed by atoms with Gasteiger partial charge >= 0.3 is 11.4 Å².